The van der Waals surface area contributed by atoms with Gasteiger partial charge in [0, 0.05) is 0 Å². The van der Waals surface area contributed by atoms with Crippen LogP contribution in [0.4, 0.5) is 0 Å². The zero-order valence-corrected chi connectivity index (χ0v) is 8.71. The minimum atomic E-state index is -0.886. The predicted octanol–water partition coefficient (Wildman–Crippen LogP) is 1.08. The number of hydrogen-bond acceptors (Lipinski definition) is 3. The zero-order valence-electron chi connectivity index (χ0n) is 8.71. The fraction of sp³-hybridized carbons (Fsp3) is 1.00. The van der Waals surface area contributed by atoms with E-state index in [0.717, 1.165) is 12.8 Å². The third-order valence-corrected chi connectivity index (χ3v) is 2.78. The minimum Gasteiger partial charge on any atom is -0.394 e. The number of aliphatic hydroxyl groups is 2. The van der Waals surface area contributed by atoms with E-state index in [1.165, 1.54) is 0 Å². The summed E-state index contributed by atoms with van der Waals surface area (Å²) in [5, 5.41) is 19.1. The highest BCUT2D eigenvalue weighted by Gasteiger charge is 2.39. The van der Waals surface area contributed by atoms with Gasteiger partial charge in [0.1, 0.15) is 6.10 Å². The first-order chi connectivity index (χ1) is 5.87. The topological polar surface area (TPSA) is 49.7 Å². The van der Waals surface area contributed by atoms with E-state index in [0.29, 0.717) is 6.42 Å². The van der Waals surface area contributed by atoms with Crippen molar-refractivity contribution in [1.29, 1.82) is 0 Å². The molecule has 0 aromatic carbocycles. The van der Waals surface area contributed by atoms with E-state index in [9.17, 15) is 5.11 Å². The second kappa shape index (κ2) is 3.56. The smallest absolute Gasteiger partial charge is 0.110 e. The lowest BCUT2D eigenvalue weighted by molar-refractivity contribution is -0.159. The highest BCUT2D eigenvalue weighted by atomic mass is 16.5. The summed E-state index contributed by atoms with van der Waals surface area (Å²) in [7, 11) is 0. The second-order valence-electron chi connectivity index (χ2n) is 4.76. The summed E-state index contributed by atoms with van der Waals surface area (Å²) in [6.45, 7) is 5.61. The molecule has 3 nitrogen and oxygen atoms in total. The van der Waals surface area contributed by atoms with Gasteiger partial charge in [-0.05, 0) is 40.0 Å². The first kappa shape index (κ1) is 11.0. The molecule has 3 heteroatoms. The zero-order chi connectivity index (χ0) is 10.1. The Morgan fingerprint density at radius 3 is 2.46 bits per heavy atom. The Kier molecular flexibility index (Phi) is 3.00. The van der Waals surface area contributed by atoms with Crippen molar-refractivity contribution in [2.75, 3.05) is 6.61 Å². The maximum Gasteiger partial charge on any atom is 0.110 e. The van der Waals surface area contributed by atoms with E-state index >= 15 is 0 Å². The number of hydrogen-bond donors (Lipinski definition) is 2. The molecule has 13 heavy (non-hydrogen) atoms. The molecule has 1 rings (SSSR count). The molecule has 0 amide bonds. The molecule has 1 aliphatic rings. The van der Waals surface area contributed by atoms with E-state index in [1.807, 2.05) is 13.8 Å². The maximum atomic E-state index is 9.96. The molecule has 1 saturated heterocycles. The molecular weight excluding hydrogens is 168 g/mol. The highest BCUT2D eigenvalue weighted by Crippen LogP contribution is 2.32. The van der Waals surface area contributed by atoms with Crippen LogP contribution in [0.15, 0.2) is 0 Å². The van der Waals surface area contributed by atoms with Gasteiger partial charge in [0.15, 0.2) is 0 Å². The maximum absolute atomic E-state index is 9.96. The first-order valence-corrected chi connectivity index (χ1v) is 4.88. The Balaban J connectivity index is 2.74. The van der Waals surface area contributed by atoms with E-state index in [1.54, 1.807) is 6.92 Å². The van der Waals surface area contributed by atoms with Crippen LogP contribution < -0.4 is 0 Å². The first-order valence-electron chi connectivity index (χ1n) is 4.88. The van der Waals surface area contributed by atoms with Crippen molar-refractivity contribution in [2.24, 2.45) is 0 Å². The van der Waals surface area contributed by atoms with Gasteiger partial charge >= 0.3 is 0 Å². The Morgan fingerprint density at radius 1 is 1.31 bits per heavy atom. The number of ether oxygens (including phenoxy) is 1. The minimum absolute atomic E-state index is 0.115. The largest absolute Gasteiger partial charge is 0.394 e. The van der Waals surface area contributed by atoms with Crippen molar-refractivity contribution >= 4 is 0 Å². The lowest BCUT2D eigenvalue weighted by Crippen LogP contribution is -2.45. The van der Waals surface area contributed by atoms with Gasteiger partial charge in [0.25, 0.3) is 0 Å². The van der Waals surface area contributed by atoms with Crippen molar-refractivity contribution in [3.05, 3.63) is 0 Å². The summed E-state index contributed by atoms with van der Waals surface area (Å²) in [6, 6.07) is 0. The van der Waals surface area contributed by atoms with Crippen LogP contribution in [-0.4, -0.2) is 34.1 Å². The Hall–Kier alpha value is -0.120. The van der Waals surface area contributed by atoms with E-state index in [4.69, 9.17) is 9.84 Å². The molecule has 1 aliphatic heterocycles. The average Bonchev–Trinajstić information content (AvgIpc) is 2.07. The van der Waals surface area contributed by atoms with Gasteiger partial charge in [0.05, 0.1) is 17.8 Å². The highest BCUT2D eigenvalue weighted by molar-refractivity contribution is 4.89. The number of rotatable bonds is 1. The van der Waals surface area contributed by atoms with E-state index in [-0.39, 0.29) is 12.2 Å². The van der Waals surface area contributed by atoms with Gasteiger partial charge in [0.2, 0.25) is 0 Å². The molecule has 0 radical (unpaired) electrons. The van der Waals surface area contributed by atoms with E-state index in [2.05, 4.69) is 0 Å². The van der Waals surface area contributed by atoms with Crippen LogP contribution in [-0.2, 0) is 4.74 Å². The monoisotopic (exact) mass is 188 g/mol. The van der Waals surface area contributed by atoms with Gasteiger partial charge in [-0.1, -0.05) is 0 Å². The molecule has 2 N–H and O–H groups in total. The fourth-order valence-electron chi connectivity index (χ4n) is 1.84. The summed E-state index contributed by atoms with van der Waals surface area (Å²) in [5.74, 6) is 0. The van der Waals surface area contributed by atoms with Crippen molar-refractivity contribution in [1.82, 2.24) is 0 Å². The van der Waals surface area contributed by atoms with Crippen LogP contribution in [0.1, 0.15) is 40.0 Å². The lowest BCUT2D eigenvalue weighted by Gasteiger charge is -2.33. The SMILES string of the molecule is CC1(C)CCC[C@@](C)(O)[C@H](CO)O1. The Morgan fingerprint density at radius 2 is 1.92 bits per heavy atom. The summed E-state index contributed by atoms with van der Waals surface area (Å²) in [4.78, 5) is 0. The molecule has 0 bridgehead atoms. The fourth-order valence-corrected chi connectivity index (χ4v) is 1.84. The third kappa shape index (κ3) is 2.66. The van der Waals surface area contributed by atoms with Crippen LogP contribution >= 0.6 is 0 Å². The standard InChI is InChI=1S/C10H20O3/c1-9(2)5-4-6-10(3,12)8(7-11)13-9/h8,11-12H,4-7H2,1-3H3/t8-,10+/m0/s1. The van der Waals surface area contributed by atoms with Crippen LogP contribution in [0.2, 0.25) is 0 Å². The molecule has 0 spiro atoms. The third-order valence-electron chi connectivity index (χ3n) is 2.78. The number of aliphatic hydroxyl groups excluding tert-OH is 1. The summed E-state index contributed by atoms with van der Waals surface area (Å²) < 4.78 is 5.66. The summed E-state index contributed by atoms with van der Waals surface area (Å²) in [6.07, 6.45) is 2.11. The van der Waals surface area contributed by atoms with Gasteiger partial charge in [-0.3, -0.25) is 0 Å². The molecule has 0 saturated carbocycles. The van der Waals surface area contributed by atoms with Crippen molar-refractivity contribution in [2.45, 2.75) is 57.3 Å². The normalized spacial score (nSPS) is 39.9. The van der Waals surface area contributed by atoms with Gasteiger partial charge in [-0.15, -0.1) is 0 Å². The molecule has 78 valence electrons. The molecule has 1 fully saturated rings. The molecule has 0 aromatic heterocycles. The molecule has 0 unspecified atom stereocenters. The van der Waals surface area contributed by atoms with Crippen LogP contribution in [0, 0.1) is 0 Å². The van der Waals surface area contributed by atoms with Crippen molar-refractivity contribution in [3.8, 4) is 0 Å². The molecule has 0 aliphatic carbocycles. The lowest BCUT2D eigenvalue weighted by atomic mass is 9.93. The van der Waals surface area contributed by atoms with Crippen molar-refractivity contribution in [3.63, 3.8) is 0 Å². The van der Waals surface area contributed by atoms with Crippen molar-refractivity contribution < 1.29 is 14.9 Å². The molecule has 1 heterocycles. The summed E-state index contributed by atoms with van der Waals surface area (Å²) >= 11 is 0. The Bertz CT molecular complexity index is 175. The predicted molar refractivity (Wildman–Crippen MR) is 50.5 cm³/mol. The van der Waals surface area contributed by atoms with Gasteiger partial charge < -0.3 is 14.9 Å². The van der Waals surface area contributed by atoms with Crippen LogP contribution in [0.5, 0.6) is 0 Å². The summed E-state index contributed by atoms with van der Waals surface area (Å²) in [5.41, 5.74) is -1.11. The average molecular weight is 188 g/mol. The molecule has 0 aromatic rings. The molecular formula is C10H20O3. The van der Waals surface area contributed by atoms with Crippen LogP contribution in [0.25, 0.3) is 0 Å². The Labute approximate surface area is 79.7 Å². The van der Waals surface area contributed by atoms with E-state index < -0.39 is 11.7 Å². The second-order valence-corrected chi connectivity index (χ2v) is 4.76. The molecule has 2 atom stereocenters. The van der Waals surface area contributed by atoms with Crippen LogP contribution in [0.3, 0.4) is 0 Å². The van der Waals surface area contributed by atoms with Gasteiger partial charge in [-0.2, -0.15) is 0 Å². The quantitative estimate of drug-likeness (QED) is 0.647. The van der Waals surface area contributed by atoms with Gasteiger partial charge in [-0.25, -0.2) is 0 Å².